The molecule has 0 aliphatic carbocycles. The van der Waals surface area contributed by atoms with E-state index >= 15 is 0 Å². The van der Waals surface area contributed by atoms with Crippen LogP contribution in [0, 0.1) is 0 Å². The molecule has 132 valence electrons. The Hall–Kier alpha value is -1.65. The summed E-state index contributed by atoms with van der Waals surface area (Å²) in [7, 11) is 0. The zero-order chi connectivity index (χ0) is 18.0. The summed E-state index contributed by atoms with van der Waals surface area (Å²) in [4.78, 5) is 46.4. The molecule has 23 heavy (non-hydrogen) atoms. The minimum absolute atomic E-state index is 0.154. The summed E-state index contributed by atoms with van der Waals surface area (Å²) in [6, 6.07) is -3.23. The fourth-order valence-electron chi connectivity index (χ4n) is 1.61. The van der Waals surface area contributed by atoms with Crippen molar-refractivity contribution >= 4 is 36.1 Å². The van der Waals surface area contributed by atoms with Gasteiger partial charge in [-0.3, -0.25) is 19.2 Å². The summed E-state index contributed by atoms with van der Waals surface area (Å²) in [6.07, 6.45) is 0.215. The third-order valence-corrected chi connectivity index (χ3v) is 3.30. The van der Waals surface area contributed by atoms with Gasteiger partial charge in [-0.2, -0.15) is 12.6 Å². The van der Waals surface area contributed by atoms with Crippen LogP contribution >= 0.6 is 12.6 Å². The molecule has 0 fully saturated rings. The van der Waals surface area contributed by atoms with Crippen molar-refractivity contribution in [3.63, 3.8) is 0 Å². The van der Waals surface area contributed by atoms with Crippen molar-refractivity contribution in [1.82, 2.24) is 16.0 Å². The Kier molecular flexibility index (Phi) is 10.2. The van der Waals surface area contributed by atoms with E-state index in [2.05, 4.69) is 28.6 Å². The van der Waals surface area contributed by atoms with Gasteiger partial charge in [-0.05, 0) is 13.3 Å². The quantitative estimate of drug-likeness (QED) is 0.238. The van der Waals surface area contributed by atoms with Crippen LogP contribution in [-0.4, -0.2) is 70.8 Å². The van der Waals surface area contributed by atoms with E-state index in [-0.39, 0.29) is 12.2 Å². The Labute approximate surface area is 139 Å². The summed E-state index contributed by atoms with van der Waals surface area (Å²) in [5.74, 6) is -2.51. The fourth-order valence-corrected chi connectivity index (χ4v) is 1.70. The highest BCUT2D eigenvalue weighted by Gasteiger charge is 2.27. The van der Waals surface area contributed by atoms with Gasteiger partial charge in [0.05, 0.1) is 19.0 Å². The summed E-state index contributed by atoms with van der Waals surface area (Å²) in [5, 5.41) is 25.1. The second-order valence-corrected chi connectivity index (χ2v) is 5.10. The second kappa shape index (κ2) is 11.0. The Bertz CT molecular complexity index is 445. The standard InChI is InChI=1S/C13H23N3O6S/c1-3-8(12(21)16-9(4-17)7(2)19)15-13(22)10(5-18)14-11(20)6-23/h8-10,17-18,23H,3-6H2,1-2H3,(H,14,20)(H,15,22)(H,16,21). The van der Waals surface area contributed by atoms with Crippen molar-refractivity contribution in [3.8, 4) is 0 Å². The van der Waals surface area contributed by atoms with Crippen LogP contribution in [0.4, 0.5) is 0 Å². The number of hydrogen-bond acceptors (Lipinski definition) is 7. The van der Waals surface area contributed by atoms with Crippen LogP contribution < -0.4 is 16.0 Å². The van der Waals surface area contributed by atoms with E-state index < -0.39 is 54.8 Å². The SMILES string of the molecule is CCC(NC(=O)C(CO)NC(=O)CS)C(=O)NC(CO)C(C)=O. The van der Waals surface area contributed by atoms with Gasteiger partial charge in [0.25, 0.3) is 0 Å². The number of hydrogen-bond donors (Lipinski definition) is 6. The lowest BCUT2D eigenvalue weighted by molar-refractivity contribution is -0.133. The number of ketones is 1. The second-order valence-electron chi connectivity index (χ2n) is 4.78. The molecule has 0 aliphatic heterocycles. The average molecular weight is 349 g/mol. The molecule has 9 nitrogen and oxygen atoms in total. The molecular weight excluding hydrogens is 326 g/mol. The van der Waals surface area contributed by atoms with Gasteiger partial charge >= 0.3 is 0 Å². The molecule has 5 N–H and O–H groups in total. The van der Waals surface area contributed by atoms with E-state index in [1.54, 1.807) is 6.92 Å². The number of aliphatic hydroxyl groups excluding tert-OH is 2. The molecule has 0 aliphatic rings. The number of Topliss-reactive ketones (excluding diaryl/α,β-unsaturated/α-hetero) is 1. The van der Waals surface area contributed by atoms with Gasteiger partial charge < -0.3 is 26.2 Å². The van der Waals surface area contributed by atoms with Crippen LogP contribution in [-0.2, 0) is 19.2 Å². The molecule has 0 saturated heterocycles. The van der Waals surface area contributed by atoms with Crippen molar-refractivity contribution in [3.05, 3.63) is 0 Å². The van der Waals surface area contributed by atoms with E-state index in [9.17, 15) is 19.2 Å². The molecule has 0 aromatic heterocycles. The maximum absolute atomic E-state index is 12.0. The smallest absolute Gasteiger partial charge is 0.245 e. The van der Waals surface area contributed by atoms with Gasteiger partial charge in [0.1, 0.15) is 18.1 Å². The molecule has 0 radical (unpaired) electrons. The minimum Gasteiger partial charge on any atom is -0.394 e. The molecule has 0 saturated carbocycles. The van der Waals surface area contributed by atoms with Gasteiger partial charge in [0, 0.05) is 0 Å². The molecular formula is C13H23N3O6S. The molecule has 0 aromatic rings. The van der Waals surface area contributed by atoms with Crippen LogP contribution in [0.5, 0.6) is 0 Å². The summed E-state index contributed by atoms with van der Waals surface area (Å²) in [6.45, 7) is 1.65. The summed E-state index contributed by atoms with van der Waals surface area (Å²) >= 11 is 3.74. The zero-order valence-electron chi connectivity index (χ0n) is 13.0. The molecule has 3 unspecified atom stereocenters. The molecule has 10 heteroatoms. The summed E-state index contributed by atoms with van der Waals surface area (Å²) < 4.78 is 0. The van der Waals surface area contributed by atoms with Crippen molar-refractivity contribution < 1.29 is 29.4 Å². The third kappa shape index (κ3) is 7.44. The largest absolute Gasteiger partial charge is 0.394 e. The topological polar surface area (TPSA) is 145 Å². The van der Waals surface area contributed by atoms with Gasteiger partial charge in [-0.15, -0.1) is 0 Å². The van der Waals surface area contributed by atoms with Crippen LogP contribution in [0.25, 0.3) is 0 Å². The number of carbonyl (C=O) groups excluding carboxylic acids is 4. The summed E-state index contributed by atoms with van der Waals surface area (Å²) in [5.41, 5.74) is 0. The normalized spacial score (nSPS) is 14.3. The van der Waals surface area contributed by atoms with E-state index in [1.807, 2.05) is 0 Å². The number of amides is 3. The molecule has 0 bridgehead atoms. The van der Waals surface area contributed by atoms with Crippen LogP contribution in [0.2, 0.25) is 0 Å². The van der Waals surface area contributed by atoms with E-state index in [0.717, 1.165) is 0 Å². The molecule has 3 atom stereocenters. The van der Waals surface area contributed by atoms with Crippen molar-refractivity contribution in [2.45, 2.75) is 38.4 Å². The van der Waals surface area contributed by atoms with Crippen molar-refractivity contribution in [2.75, 3.05) is 19.0 Å². The Morgan fingerprint density at radius 1 is 0.913 bits per heavy atom. The number of aliphatic hydroxyl groups is 2. The molecule has 0 heterocycles. The maximum atomic E-state index is 12.0. The van der Waals surface area contributed by atoms with Gasteiger partial charge in [0.2, 0.25) is 17.7 Å². The molecule has 3 amide bonds. The Morgan fingerprint density at radius 2 is 1.39 bits per heavy atom. The van der Waals surface area contributed by atoms with E-state index in [1.165, 1.54) is 6.92 Å². The first kappa shape index (κ1) is 21.4. The van der Waals surface area contributed by atoms with Gasteiger partial charge in [-0.25, -0.2) is 0 Å². The number of nitrogens with one attached hydrogen (secondary N) is 3. The Balaban J connectivity index is 4.78. The third-order valence-electron chi connectivity index (χ3n) is 3.01. The first-order valence-electron chi connectivity index (χ1n) is 7.03. The highest BCUT2D eigenvalue weighted by Crippen LogP contribution is 1.96. The van der Waals surface area contributed by atoms with Crippen LogP contribution in [0.1, 0.15) is 20.3 Å². The first-order valence-corrected chi connectivity index (χ1v) is 7.67. The predicted octanol–water partition coefficient (Wildman–Crippen LogP) is -2.65. The number of thiol groups is 1. The highest BCUT2D eigenvalue weighted by molar-refractivity contribution is 7.81. The lowest BCUT2D eigenvalue weighted by atomic mass is 10.1. The van der Waals surface area contributed by atoms with Gasteiger partial charge in [0.15, 0.2) is 5.78 Å². The predicted molar refractivity (Wildman–Crippen MR) is 84.8 cm³/mol. The first-order chi connectivity index (χ1) is 10.8. The van der Waals surface area contributed by atoms with E-state index in [0.29, 0.717) is 0 Å². The Morgan fingerprint density at radius 3 is 1.78 bits per heavy atom. The van der Waals surface area contributed by atoms with Crippen LogP contribution in [0.15, 0.2) is 0 Å². The lowest BCUT2D eigenvalue weighted by Crippen LogP contribution is -2.56. The number of carbonyl (C=O) groups is 4. The maximum Gasteiger partial charge on any atom is 0.245 e. The lowest BCUT2D eigenvalue weighted by Gasteiger charge is -2.22. The van der Waals surface area contributed by atoms with Gasteiger partial charge in [-0.1, -0.05) is 6.92 Å². The molecule has 0 aromatic carbocycles. The van der Waals surface area contributed by atoms with E-state index in [4.69, 9.17) is 10.2 Å². The average Bonchev–Trinajstić information content (AvgIpc) is 2.53. The van der Waals surface area contributed by atoms with Crippen molar-refractivity contribution in [1.29, 1.82) is 0 Å². The van der Waals surface area contributed by atoms with Crippen LogP contribution in [0.3, 0.4) is 0 Å². The molecule has 0 spiro atoms. The zero-order valence-corrected chi connectivity index (χ0v) is 13.9. The van der Waals surface area contributed by atoms with Crippen molar-refractivity contribution in [2.24, 2.45) is 0 Å². The highest BCUT2D eigenvalue weighted by atomic mass is 32.1. The monoisotopic (exact) mass is 349 g/mol. The minimum atomic E-state index is -1.21. The fraction of sp³-hybridized carbons (Fsp3) is 0.692. The molecule has 0 rings (SSSR count). The number of rotatable bonds is 10.